The standard InChI is InChI=1S/C7H14N6O/c8-6-5-7(10-13(9)12(6)14)11-3-1-2-4-11/h5,10H,1-4,8-9H2. The van der Waals surface area contributed by atoms with Crippen LogP contribution in [0, 0.1) is 5.21 Å². The lowest BCUT2D eigenvalue weighted by Crippen LogP contribution is -2.56. The quantitative estimate of drug-likeness (QED) is 0.267. The van der Waals surface area contributed by atoms with Gasteiger partial charge >= 0.3 is 5.84 Å². The van der Waals surface area contributed by atoms with Crippen LogP contribution in [0.25, 0.3) is 0 Å². The zero-order chi connectivity index (χ0) is 10.1. The van der Waals surface area contributed by atoms with Gasteiger partial charge in [0.2, 0.25) is 0 Å². The van der Waals surface area contributed by atoms with E-state index in [0.29, 0.717) is 4.85 Å². The van der Waals surface area contributed by atoms with Crippen LogP contribution in [0.2, 0.25) is 0 Å². The Balaban J connectivity index is 2.17. The van der Waals surface area contributed by atoms with Crippen LogP contribution in [0.4, 0.5) is 0 Å². The summed E-state index contributed by atoms with van der Waals surface area (Å²) in [5, 5.41) is 12.0. The molecule has 0 unspecified atom stereocenters. The third-order valence-electron chi connectivity index (χ3n) is 2.38. The molecular weight excluding hydrogens is 184 g/mol. The first-order chi connectivity index (χ1) is 6.68. The molecule has 0 bridgehead atoms. The van der Waals surface area contributed by atoms with Crippen molar-refractivity contribution >= 4 is 5.84 Å². The van der Waals surface area contributed by atoms with Crippen molar-refractivity contribution in [2.75, 3.05) is 13.1 Å². The van der Waals surface area contributed by atoms with Gasteiger partial charge in [0.25, 0.3) is 0 Å². The molecule has 7 heteroatoms. The minimum Gasteiger partial charge on any atom is -0.690 e. The molecule has 2 rings (SSSR count). The molecule has 5 N–H and O–H groups in total. The first kappa shape index (κ1) is 8.95. The summed E-state index contributed by atoms with van der Waals surface area (Å²) in [4.78, 5) is 2.51. The summed E-state index contributed by atoms with van der Waals surface area (Å²) in [6.07, 6.45) is 3.91. The van der Waals surface area contributed by atoms with Gasteiger partial charge in [0, 0.05) is 13.1 Å². The van der Waals surface area contributed by atoms with Crippen molar-refractivity contribution in [1.29, 1.82) is 0 Å². The molecule has 2 aliphatic heterocycles. The van der Waals surface area contributed by atoms with E-state index in [1.165, 1.54) is 0 Å². The van der Waals surface area contributed by atoms with Crippen LogP contribution in [0.5, 0.6) is 0 Å². The van der Waals surface area contributed by atoms with Crippen LogP contribution in [-0.2, 0) is 0 Å². The molecule has 0 spiro atoms. The third kappa shape index (κ3) is 1.41. The fourth-order valence-electron chi connectivity index (χ4n) is 1.63. The predicted octanol–water partition coefficient (Wildman–Crippen LogP) is -1.60. The number of hydrazone groups is 1. The summed E-state index contributed by atoms with van der Waals surface area (Å²) >= 11 is 0. The highest BCUT2D eigenvalue weighted by molar-refractivity contribution is 5.87. The minimum atomic E-state index is 0.0909. The normalized spacial score (nSPS) is 22.5. The molecule has 2 heterocycles. The Morgan fingerprint density at radius 3 is 2.64 bits per heavy atom. The molecule has 1 fully saturated rings. The van der Waals surface area contributed by atoms with Crippen molar-refractivity contribution in [3.63, 3.8) is 0 Å². The fourth-order valence-corrected chi connectivity index (χ4v) is 1.63. The van der Waals surface area contributed by atoms with Crippen molar-refractivity contribution in [3.05, 3.63) is 17.1 Å². The van der Waals surface area contributed by atoms with Crippen molar-refractivity contribution < 1.29 is 4.85 Å². The maximum Gasteiger partial charge on any atom is 0.301 e. The molecule has 0 aliphatic carbocycles. The number of rotatable bonds is 1. The lowest BCUT2D eigenvalue weighted by Gasteiger charge is -2.31. The molecule has 0 saturated carbocycles. The number of amidine groups is 1. The summed E-state index contributed by atoms with van der Waals surface area (Å²) < 4.78 is 0. The van der Waals surface area contributed by atoms with E-state index >= 15 is 0 Å². The van der Waals surface area contributed by atoms with Gasteiger partial charge in [-0.3, -0.25) is 5.73 Å². The third-order valence-corrected chi connectivity index (χ3v) is 2.38. The summed E-state index contributed by atoms with van der Waals surface area (Å²) in [5.41, 5.74) is 8.24. The van der Waals surface area contributed by atoms with Gasteiger partial charge in [-0.15, -0.1) is 4.85 Å². The summed E-state index contributed by atoms with van der Waals surface area (Å²) in [6, 6.07) is 0. The van der Waals surface area contributed by atoms with E-state index in [1.807, 2.05) is 0 Å². The summed E-state index contributed by atoms with van der Waals surface area (Å²) in [5.74, 6) is 6.27. The molecule has 1 saturated heterocycles. The second-order valence-electron chi connectivity index (χ2n) is 3.38. The largest absolute Gasteiger partial charge is 0.690 e. The highest BCUT2D eigenvalue weighted by Crippen LogP contribution is 2.13. The van der Waals surface area contributed by atoms with Crippen molar-refractivity contribution in [1.82, 2.24) is 15.6 Å². The molecule has 14 heavy (non-hydrogen) atoms. The molecule has 0 aromatic carbocycles. The minimum absolute atomic E-state index is 0.0909. The van der Waals surface area contributed by atoms with E-state index in [0.717, 1.165) is 37.0 Å². The second kappa shape index (κ2) is 3.26. The van der Waals surface area contributed by atoms with Crippen LogP contribution in [0.15, 0.2) is 11.9 Å². The van der Waals surface area contributed by atoms with Gasteiger partial charge < -0.3 is 10.1 Å². The number of nitrogens with zero attached hydrogens (tertiary/aromatic N) is 3. The van der Waals surface area contributed by atoms with Gasteiger partial charge in [-0.05, 0) is 12.8 Å². The van der Waals surface area contributed by atoms with E-state index < -0.39 is 0 Å². The molecule has 7 nitrogen and oxygen atoms in total. The predicted molar refractivity (Wildman–Crippen MR) is 50.9 cm³/mol. The van der Waals surface area contributed by atoms with E-state index in [-0.39, 0.29) is 5.84 Å². The fraction of sp³-hybridized carbons (Fsp3) is 0.571. The average molecular weight is 198 g/mol. The Bertz CT molecular complexity index is 293. The van der Waals surface area contributed by atoms with Gasteiger partial charge in [0.05, 0.1) is 6.08 Å². The van der Waals surface area contributed by atoms with Gasteiger partial charge in [-0.25, -0.2) is 5.43 Å². The van der Waals surface area contributed by atoms with Crippen molar-refractivity contribution in [2.45, 2.75) is 12.8 Å². The monoisotopic (exact) mass is 198 g/mol. The average Bonchev–Trinajstić information content (AvgIpc) is 2.66. The number of hydrogen-bond donors (Lipinski definition) is 3. The smallest absolute Gasteiger partial charge is 0.301 e. The maximum absolute atomic E-state index is 11.1. The molecule has 0 radical (unpaired) electrons. The maximum atomic E-state index is 11.1. The van der Waals surface area contributed by atoms with E-state index in [9.17, 15) is 5.21 Å². The summed E-state index contributed by atoms with van der Waals surface area (Å²) in [6.45, 7) is 1.94. The Morgan fingerprint density at radius 1 is 1.43 bits per heavy atom. The Morgan fingerprint density at radius 2 is 2.07 bits per heavy atom. The van der Waals surface area contributed by atoms with Gasteiger partial charge in [-0.2, -0.15) is 5.84 Å². The highest BCUT2D eigenvalue weighted by Gasteiger charge is 2.22. The zero-order valence-corrected chi connectivity index (χ0v) is 7.81. The Kier molecular flexibility index (Phi) is 2.08. The van der Waals surface area contributed by atoms with E-state index in [2.05, 4.69) is 10.3 Å². The number of hydrogen-bond acceptors (Lipinski definition) is 6. The SMILES string of the molecule is NC1=[N+]([O-])N(N)NC(N2CCCC2)=C1. The number of hydrazine groups is 3. The first-order valence-electron chi connectivity index (χ1n) is 4.56. The lowest BCUT2D eigenvalue weighted by atomic mass is 10.4. The molecular formula is C7H14N6O. The first-order valence-corrected chi connectivity index (χ1v) is 4.56. The Hall–Kier alpha value is -1.63. The van der Waals surface area contributed by atoms with Crippen LogP contribution in [-0.4, -0.2) is 33.9 Å². The zero-order valence-electron chi connectivity index (χ0n) is 7.81. The van der Waals surface area contributed by atoms with Gasteiger partial charge in [-0.1, -0.05) is 5.23 Å². The van der Waals surface area contributed by atoms with Crippen molar-refractivity contribution in [2.24, 2.45) is 11.6 Å². The highest BCUT2D eigenvalue weighted by atomic mass is 16.5. The topological polar surface area (TPSA) is 96.6 Å². The van der Waals surface area contributed by atoms with Crippen molar-refractivity contribution in [3.8, 4) is 0 Å². The molecule has 0 amide bonds. The van der Waals surface area contributed by atoms with Crippen LogP contribution < -0.4 is 17.0 Å². The Labute approximate surface area is 81.7 Å². The van der Waals surface area contributed by atoms with Crippen LogP contribution >= 0.6 is 0 Å². The molecule has 0 aromatic heterocycles. The molecule has 78 valence electrons. The van der Waals surface area contributed by atoms with Crippen LogP contribution in [0.3, 0.4) is 0 Å². The van der Waals surface area contributed by atoms with E-state index in [4.69, 9.17) is 11.6 Å². The van der Waals surface area contributed by atoms with Gasteiger partial charge in [0.15, 0.2) is 0 Å². The molecule has 0 atom stereocenters. The van der Waals surface area contributed by atoms with Gasteiger partial charge in [0.1, 0.15) is 5.82 Å². The molecule has 2 aliphatic rings. The second-order valence-corrected chi connectivity index (χ2v) is 3.38. The number of nitrogens with two attached hydrogens (primary N) is 2. The number of likely N-dealkylation sites (tertiary alicyclic amines) is 1. The van der Waals surface area contributed by atoms with Crippen LogP contribution in [0.1, 0.15) is 12.8 Å². The van der Waals surface area contributed by atoms with E-state index in [1.54, 1.807) is 6.08 Å². The number of nitrogens with one attached hydrogen (secondary N) is 1. The molecule has 0 aromatic rings. The lowest BCUT2D eigenvalue weighted by molar-refractivity contribution is -0.657. The summed E-state index contributed by atoms with van der Waals surface area (Å²) in [7, 11) is 0.